The summed E-state index contributed by atoms with van der Waals surface area (Å²) in [6.07, 6.45) is 0.618. The van der Waals surface area contributed by atoms with Crippen LogP contribution in [0.15, 0.2) is 18.2 Å². The first kappa shape index (κ1) is 14.0. The summed E-state index contributed by atoms with van der Waals surface area (Å²) >= 11 is 0. The third kappa shape index (κ3) is 5.20. The number of hydrogen-bond acceptors (Lipinski definition) is 3. The lowest BCUT2D eigenvalue weighted by atomic mass is 10.1. The zero-order valence-electron chi connectivity index (χ0n) is 11.0. The van der Waals surface area contributed by atoms with Gasteiger partial charge in [-0.2, -0.15) is 0 Å². The van der Waals surface area contributed by atoms with Gasteiger partial charge in [0.05, 0.1) is 0 Å². The molecule has 0 unspecified atom stereocenters. The van der Waals surface area contributed by atoms with E-state index in [9.17, 15) is 5.11 Å². The molecule has 0 aliphatic carbocycles. The van der Waals surface area contributed by atoms with Crippen LogP contribution >= 0.6 is 0 Å². The Morgan fingerprint density at radius 1 is 1.35 bits per heavy atom. The molecule has 0 fully saturated rings. The molecule has 0 aliphatic heterocycles. The highest BCUT2D eigenvalue weighted by molar-refractivity contribution is 5.35. The average molecular weight is 237 g/mol. The van der Waals surface area contributed by atoms with Crippen LogP contribution in [0.5, 0.6) is 5.75 Å². The smallest absolute Gasteiger partial charge is 0.122 e. The van der Waals surface area contributed by atoms with Gasteiger partial charge in [0.15, 0.2) is 0 Å². The maximum atomic E-state index is 9.70. The van der Waals surface area contributed by atoms with Gasteiger partial charge in [0.25, 0.3) is 0 Å². The van der Waals surface area contributed by atoms with E-state index in [0.717, 1.165) is 24.3 Å². The molecule has 0 aliphatic rings. The lowest BCUT2D eigenvalue weighted by Gasteiger charge is -2.14. The van der Waals surface area contributed by atoms with Crippen LogP contribution in [0.2, 0.25) is 0 Å². The second-order valence-corrected chi connectivity index (χ2v) is 4.44. The summed E-state index contributed by atoms with van der Waals surface area (Å²) in [5, 5.41) is 12.9. The molecular formula is C14H23NO2. The molecule has 0 aromatic heterocycles. The summed E-state index contributed by atoms with van der Waals surface area (Å²) in [5.41, 5.74) is 2.33. The molecule has 0 amide bonds. The van der Waals surface area contributed by atoms with Crippen molar-refractivity contribution in [3.05, 3.63) is 29.3 Å². The molecule has 17 heavy (non-hydrogen) atoms. The number of hydrogen-bond donors (Lipinski definition) is 2. The highest BCUT2D eigenvalue weighted by Gasteiger charge is 2.06. The molecule has 1 aromatic rings. The van der Waals surface area contributed by atoms with Gasteiger partial charge >= 0.3 is 0 Å². The first-order valence-electron chi connectivity index (χ1n) is 6.22. The number of rotatable bonds is 7. The van der Waals surface area contributed by atoms with Crippen LogP contribution in [-0.2, 0) is 0 Å². The van der Waals surface area contributed by atoms with Crippen molar-refractivity contribution in [2.75, 3.05) is 19.7 Å². The molecule has 1 atom stereocenters. The summed E-state index contributed by atoms with van der Waals surface area (Å²) in [6.45, 7) is 8.02. The maximum Gasteiger partial charge on any atom is 0.122 e. The van der Waals surface area contributed by atoms with Crippen LogP contribution in [0.1, 0.15) is 24.5 Å². The van der Waals surface area contributed by atoms with E-state index in [4.69, 9.17) is 4.74 Å². The SMILES string of the molecule is CCCNC[C@@H](O)COc1ccc(C)cc1C. The highest BCUT2D eigenvalue weighted by atomic mass is 16.5. The van der Waals surface area contributed by atoms with Gasteiger partial charge < -0.3 is 15.2 Å². The molecule has 0 saturated carbocycles. The Bertz CT molecular complexity index is 339. The normalized spacial score (nSPS) is 12.5. The lowest BCUT2D eigenvalue weighted by molar-refractivity contribution is 0.106. The molecule has 2 N–H and O–H groups in total. The largest absolute Gasteiger partial charge is 0.491 e. The van der Waals surface area contributed by atoms with E-state index in [1.54, 1.807) is 0 Å². The van der Waals surface area contributed by atoms with E-state index >= 15 is 0 Å². The molecule has 1 aromatic carbocycles. The quantitative estimate of drug-likeness (QED) is 0.713. The predicted molar refractivity (Wildman–Crippen MR) is 70.6 cm³/mol. The molecule has 0 saturated heterocycles. The van der Waals surface area contributed by atoms with Crippen LogP contribution < -0.4 is 10.1 Å². The van der Waals surface area contributed by atoms with Crippen molar-refractivity contribution in [2.24, 2.45) is 0 Å². The zero-order valence-corrected chi connectivity index (χ0v) is 11.0. The Labute approximate surface area is 104 Å². The molecule has 0 spiro atoms. The van der Waals surface area contributed by atoms with E-state index in [1.165, 1.54) is 5.56 Å². The molecule has 1 rings (SSSR count). The van der Waals surface area contributed by atoms with Crippen LogP contribution in [0, 0.1) is 13.8 Å². The molecule has 0 bridgehead atoms. The van der Waals surface area contributed by atoms with Crippen molar-refractivity contribution < 1.29 is 9.84 Å². The molecule has 3 heteroatoms. The topological polar surface area (TPSA) is 41.5 Å². The Morgan fingerprint density at radius 2 is 2.12 bits per heavy atom. The van der Waals surface area contributed by atoms with Crippen molar-refractivity contribution >= 4 is 0 Å². The number of aliphatic hydroxyl groups is 1. The van der Waals surface area contributed by atoms with Gasteiger partial charge in [0.2, 0.25) is 0 Å². The van der Waals surface area contributed by atoms with Gasteiger partial charge in [-0.05, 0) is 38.4 Å². The number of aryl methyl sites for hydroxylation is 2. The first-order chi connectivity index (χ1) is 8.13. The standard InChI is InChI=1S/C14H23NO2/c1-4-7-15-9-13(16)10-17-14-6-5-11(2)8-12(14)3/h5-6,8,13,15-16H,4,7,9-10H2,1-3H3/t13-/m1/s1. The first-order valence-corrected chi connectivity index (χ1v) is 6.22. The van der Waals surface area contributed by atoms with Crippen LogP contribution in [0.3, 0.4) is 0 Å². The summed E-state index contributed by atoms with van der Waals surface area (Å²) in [4.78, 5) is 0. The van der Waals surface area contributed by atoms with Crippen molar-refractivity contribution in [2.45, 2.75) is 33.3 Å². The summed E-state index contributed by atoms with van der Waals surface area (Å²) in [5.74, 6) is 0.852. The molecule has 3 nitrogen and oxygen atoms in total. The van der Waals surface area contributed by atoms with E-state index in [-0.39, 0.29) is 0 Å². The highest BCUT2D eigenvalue weighted by Crippen LogP contribution is 2.18. The van der Waals surface area contributed by atoms with Gasteiger partial charge in [0, 0.05) is 6.54 Å². The van der Waals surface area contributed by atoms with E-state index in [1.807, 2.05) is 19.1 Å². The fourth-order valence-corrected chi connectivity index (χ4v) is 1.65. The lowest BCUT2D eigenvalue weighted by Crippen LogP contribution is -2.31. The third-order valence-electron chi connectivity index (χ3n) is 2.57. The number of ether oxygens (including phenoxy) is 1. The average Bonchev–Trinajstić information content (AvgIpc) is 2.28. The minimum absolute atomic E-state index is 0.334. The van der Waals surface area contributed by atoms with E-state index in [2.05, 4.69) is 25.2 Å². The minimum Gasteiger partial charge on any atom is -0.491 e. The molecule has 0 radical (unpaired) electrons. The van der Waals surface area contributed by atoms with Crippen molar-refractivity contribution in [3.63, 3.8) is 0 Å². The zero-order chi connectivity index (χ0) is 12.7. The molecule has 96 valence electrons. The van der Waals surface area contributed by atoms with Crippen molar-refractivity contribution in [1.29, 1.82) is 0 Å². The fourth-order valence-electron chi connectivity index (χ4n) is 1.65. The monoisotopic (exact) mass is 237 g/mol. The number of nitrogens with one attached hydrogen (secondary N) is 1. The summed E-state index contributed by atoms with van der Waals surface area (Å²) < 4.78 is 5.59. The Morgan fingerprint density at radius 3 is 2.76 bits per heavy atom. The maximum absolute atomic E-state index is 9.70. The summed E-state index contributed by atoms with van der Waals surface area (Å²) in [7, 11) is 0. The summed E-state index contributed by atoms with van der Waals surface area (Å²) in [6, 6.07) is 6.05. The Kier molecular flexibility index (Phi) is 6.01. The van der Waals surface area contributed by atoms with Crippen molar-refractivity contribution in [3.8, 4) is 5.75 Å². The minimum atomic E-state index is -0.456. The number of aliphatic hydroxyl groups excluding tert-OH is 1. The Balaban J connectivity index is 2.34. The third-order valence-corrected chi connectivity index (χ3v) is 2.57. The Hall–Kier alpha value is -1.06. The predicted octanol–water partition coefficient (Wildman–Crippen LogP) is 2.04. The van der Waals surface area contributed by atoms with Gasteiger partial charge in [-0.1, -0.05) is 24.6 Å². The number of benzene rings is 1. The van der Waals surface area contributed by atoms with Crippen molar-refractivity contribution in [1.82, 2.24) is 5.32 Å². The molecule has 0 heterocycles. The van der Waals surface area contributed by atoms with Gasteiger partial charge in [0.1, 0.15) is 18.5 Å². The second-order valence-electron chi connectivity index (χ2n) is 4.44. The van der Waals surface area contributed by atoms with Crippen LogP contribution in [0.25, 0.3) is 0 Å². The van der Waals surface area contributed by atoms with Crippen LogP contribution in [0.4, 0.5) is 0 Å². The molecular weight excluding hydrogens is 214 g/mol. The van der Waals surface area contributed by atoms with E-state index < -0.39 is 6.10 Å². The van der Waals surface area contributed by atoms with Gasteiger partial charge in [-0.15, -0.1) is 0 Å². The van der Waals surface area contributed by atoms with Gasteiger partial charge in [-0.25, -0.2) is 0 Å². The van der Waals surface area contributed by atoms with Gasteiger partial charge in [-0.3, -0.25) is 0 Å². The second kappa shape index (κ2) is 7.30. The fraction of sp³-hybridized carbons (Fsp3) is 0.571. The van der Waals surface area contributed by atoms with E-state index in [0.29, 0.717) is 13.2 Å². The van der Waals surface area contributed by atoms with Crippen LogP contribution in [-0.4, -0.2) is 30.9 Å².